The number of halogens is 2. The van der Waals surface area contributed by atoms with Gasteiger partial charge in [0.05, 0.1) is 29.1 Å². The average Bonchev–Trinajstić information content (AvgIpc) is 3.11. The highest BCUT2D eigenvalue weighted by Crippen LogP contribution is 2.37. The summed E-state index contributed by atoms with van der Waals surface area (Å²) in [6, 6.07) is 18.9. The third kappa shape index (κ3) is 4.26. The number of carbonyl (C=O) groups excluding carboxylic acids is 1. The first-order valence-electron chi connectivity index (χ1n) is 9.58. The van der Waals surface area contributed by atoms with Crippen molar-refractivity contribution in [3.63, 3.8) is 0 Å². The van der Waals surface area contributed by atoms with Crippen molar-refractivity contribution >= 4 is 52.5 Å². The van der Waals surface area contributed by atoms with Crippen LogP contribution in [0.4, 0.5) is 5.69 Å². The molecule has 7 heteroatoms. The van der Waals surface area contributed by atoms with Crippen molar-refractivity contribution in [2.45, 2.75) is 0 Å². The topological polar surface area (TPSA) is 66.8 Å². The van der Waals surface area contributed by atoms with Crippen LogP contribution in [-0.2, 0) is 4.79 Å². The number of amides is 1. The van der Waals surface area contributed by atoms with Gasteiger partial charge in [0.25, 0.3) is 5.91 Å². The average molecular weight is 466 g/mol. The molecule has 0 radical (unpaired) electrons. The summed E-state index contributed by atoms with van der Waals surface area (Å²) in [5.74, 6) is -0.745. The highest BCUT2D eigenvalue weighted by atomic mass is 35.5. The van der Waals surface area contributed by atoms with Crippen LogP contribution in [0.3, 0.4) is 0 Å². The number of carboxylic acids is 1. The van der Waals surface area contributed by atoms with E-state index < -0.39 is 5.97 Å². The zero-order chi connectivity index (χ0) is 22.8. The van der Waals surface area contributed by atoms with Crippen LogP contribution in [-0.4, -0.2) is 24.1 Å². The van der Waals surface area contributed by atoms with Crippen molar-refractivity contribution in [3.8, 4) is 5.75 Å². The van der Waals surface area contributed by atoms with Gasteiger partial charge in [-0.05, 0) is 65.7 Å². The Morgan fingerprint density at radius 3 is 2.31 bits per heavy atom. The highest BCUT2D eigenvalue weighted by molar-refractivity contribution is 6.34. The van der Waals surface area contributed by atoms with Crippen LogP contribution in [0.25, 0.3) is 11.8 Å². The Labute approximate surface area is 194 Å². The van der Waals surface area contributed by atoms with E-state index in [0.717, 1.165) is 11.1 Å². The van der Waals surface area contributed by atoms with E-state index in [0.29, 0.717) is 27.7 Å². The van der Waals surface area contributed by atoms with Crippen molar-refractivity contribution in [2.24, 2.45) is 0 Å². The number of carbonyl (C=O) groups is 2. The molecule has 0 saturated heterocycles. The standard InChI is InChI=1S/C25H17Cl2NO4/c1-32-20-9-2-15(3-10-20)12-17-13-23(16-4-6-18(26)7-5-16)28(24(17)29)19-8-11-22(27)21(14-19)25(30)31/h2-14H,1H3,(H,30,31)/b17-12+. The Bertz CT molecular complexity index is 1260. The van der Waals surface area contributed by atoms with Crippen LogP contribution in [0, 0.1) is 0 Å². The minimum atomic E-state index is -1.17. The Balaban J connectivity index is 1.82. The lowest BCUT2D eigenvalue weighted by atomic mass is 10.1. The van der Waals surface area contributed by atoms with E-state index in [1.807, 2.05) is 24.3 Å². The van der Waals surface area contributed by atoms with Crippen LogP contribution in [0.5, 0.6) is 5.75 Å². The molecule has 1 aliphatic rings. The minimum absolute atomic E-state index is 0.0833. The van der Waals surface area contributed by atoms with Crippen molar-refractivity contribution in [1.29, 1.82) is 0 Å². The number of benzene rings is 3. The number of rotatable bonds is 5. The molecule has 0 unspecified atom stereocenters. The minimum Gasteiger partial charge on any atom is -0.497 e. The molecule has 0 bridgehead atoms. The molecule has 1 heterocycles. The lowest BCUT2D eigenvalue weighted by molar-refractivity contribution is -0.113. The lowest BCUT2D eigenvalue weighted by Gasteiger charge is -2.21. The largest absolute Gasteiger partial charge is 0.497 e. The third-order valence-corrected chi connectivity index (χ3v) is 5.58. The SMILES string of the molecule is COc1ccc(/C=C2\C=C(c3ccc(Cl)cc3)N(c3ccc(Cl)c(C(=O)O)c3)C2=O)cc1. The molecule has 0 aromatic heterocycles. The van der Waals surface area contributed by atoms with E-state index >= 15 is 0 Å². The number of nitrogens with zero attached hydrogens (tertiary/aromatic N) is 1. The Morgan fingerprint density at radius 1 is 1.00 bits per heavy atom. The molecule has 0 fully saturated rings. The summed E-state index contributed by atoms with van der Waals surface area (Å²) < 4.78 is 5.18. The summed E-state index contributed by atoms with van der Waals surface area (Å²) in [5.41, 5.74) is 2.95. The van der Waals surface area contributed by atoms with E-state index in [1.165, 1.54) is 17.0 Å². The maximum Gasteiger partial charge on any atom is 0.337 e. The van der Waals surface area contributed by atoms with E-state index in [2.05, 4.69) is 0 Å². The second kappa shape index (κ2) is 8.91. The summed E-state index contributed by atoms with van der Waals surface area (Å²) in [5, 5.41) is 10.1. The Morgan fingerprint density at radius 2 is 1.69 bits per heavy atom. The predicted octanol–water partition coefficient (Wildman–Crippen LogP) is 6.17. The Hall–Kier alpha value is -3.54. The normalized spacial score (nSPS) is 14.6. The molecule has 4 rings (SSSR count). The quantitative estimate of drug-likeness (QED) is 0.457. The fourth-order valence-electron chi connectivity index (χ4n) is 3.40. The number of ether oxygens (including phenoxy) is 1. The molecule has 1 aliphatic heterocycles. The molecule has 0 spiro atoms. The van der Waals surface area contributed by atoms with Gasteiger partial charge in [0.15, 0.2) is 0 Å². The molecule has 160 valence electrons. The summed E-state index contributed by atoms with van der Waals surface area (Å²) in [6.07, 6.45) is 3.54. The van der Waals surface area contributed by atoms with Crippen LogP contribution < -0.4 is 9.64 Å². The summed E-state index contributed by atoms with van der Waals surface area (Å²) in [7, 11) is 1.59. The van der Waals surface area contributed by atoms with E-state index in [4.69, 9.17) is 27.9 Å². The van der Waals surface area contributed by atoms with Gasteiger partial charge in [-0.1, -0.05) is 47.5 Å². The van der Waals surface area contributed by atoms with E-state index in [-0.39, 0.29) is 16.5 Å². The van der Waals surface area contributed by atoms with Gasteiger partial charge in [-0.15, -0.1) is 0 Å². The molecule has 0 aliphatic carbocycles. The number of methoxy groups -OCH3 is 1. The first kappa shape index (κ1) is 21.7. The Kier molecular flexibility index (Phi) is 6.04. The molecule has 0 atom stereocenters. The summed E-state index contributed by atoms with van der Waals surface area (Å²) in [6.45, 7) is 0. The van der Waals surface area contributed by atoms with E-state index in [9.17, 15) is 14.7 Å². The van der Waals surface area contributed by atoms with Crippen molar-refractivity contribution < 1.29 is 19.4 Å². The summed E-state index contributed by atoms with van der Waals surface area (Å²) >= 11 is 12.1. The molecule has 1 amide bonds. The molecule has 0 saturated carbocycles. The zero-order valence-electron chi connectivity index (χ0n) is 16.9. The van der Waals surface area contributed by atoms with Crippen LogP contribution >= 0.6 is 23.2 Å². The van der Waals surface area contributed by atoms with Crippen LogP contribution in [0.2, 0.25) is 10.0 Å². The molecule has 32 heavy (non-hydrogen) atoms. The maximum absolute atomic E-state index is 13.4. The van der Waals surface area contributed by atoms with Crippen molar-refractivity contribution in [1.82, 2.24) is 0 Å². The van der Waals surface area contributed by atoms with Gasteiger partial charge in [-0.2, -0.15) is 0 Å². The fourth-order valence-corrected chi connectivity index (χ4v) is 3.73. The number of aromatic carboxylic acids is 1. The van der Waals surface area contributed by atoms with Gasteiger partial charge >= 0.3 is 5.97 Å². The molecule has 3 aromatic carbocycles. The monoisotopic (exact) mass is 465 g/mol. The highest BCUT2D eigenvalue weighted by Gasteiger charge is 2.31. The van der Waals surface area contributed by atoms with Gasteiger partial charge in [0.1, 0.15) is 5.75 Å². The maximum atomic E-state index is 13.4. The van der Waals surface area contributed by atoms with Gasteiger partial charge < -0.3 is 9.84 Å². The number of hydrogen-bond donors (Lipinski definition) is 1. The van der Waals surface area contributed by atoms with E-state index in [1.54, 1.807) is 49.6 Å². The molecule has 1 N–H and O–H groups in total. The van der Waals surface area contributed by atoms with Crippen LogP contribution in [0.15, 0.2) is 78.4 Å². The lowest BCUT2D eigenvalue weighted by Crippen LogP contribution is -2.25. The first-order valence-corrected chi connectivity index (χ1v) is 10.3. The molecule has 5 nitrogen and oxygen atoms in total. The van der Waals surface area contributed by atoms with Gasteiger partial charge in [-0.25, -0.2) is 4.79 Å². The predicted molar refractivity (Wildman–Crippen MR) is 126 cm³/mol. The molecular formula is C25H17Cl2NO4. The van der Waals surface area contributed by atoms with Gasteiger partial charge in [0.2, 0.25) is 0 Å². The fraction of sp³-hybridized carbons (Fsp3) is 0.0400. The summed E-state index contributed by atoms with van der Waals surface area (Å²) in [4.78, 5) is 26.5. The molecular weight excluding hydrogens is 449 g/mol. The number of hydrogen-bond acceptors (Lipinski definition) is 3. The second-order valence-electron chi connectivity index (χ2n) is 7.02. The van der Waals surface area contributed by atoms with Crippen molar-refractivity contribution in [2.75, 3.05) is 12.0 Å². The second-order valence-corrected chi connectivity index (χ2v) is 7.86. The van der Waals surface area contributed by atoms with Crippen LogP contribution in [0.1, 0.15) is 21.5 Å². The molecule has 3 aromatic rings. The number of carboxylic acid groups (broad SMARTS) is 1. The van der Waals surface area contributed by atoms with Crippen molar-refractivity contribution in [3.05, 3.63) is 105 Å². The third-order valence-electron chi connectivity index (χ3n) is 5.00. The van der Waals surface area contributed by atoms with Gasteiger partial charge in [-0.3, -0.25) is 9.69 Å². The zero-order valence-corrected chi connectivity index (χ0v) is 18.4. The number of anilines is 1. The van der Waals surface area contributed by atoms with Gasteiger partial charge in [0, 0.05) is 10.6 Å². The smallest absolute Gasteiger partial charge is 0.337 e. The first-order chi connectivity index (χ1) is 15.4.